The maximum atomic E-state index is 12.4. The topological polar surface area (TPSA) is 68.8 Å². The molecule has 0 spiro atoms. The minimum atomic E-state index is -0.439. The van der Waals surface area contributed by atoms with Gasteiger partial charge >= 0.3 is 13.0 Å². The molecule has 3 aromatic carbocycles. The van der Waals surface area contributed by atoms with Gasteiger partial charge in [0.05, 0.1) is 7.11 Å². The van der Waals surface area contributed by atoms with E-state index in [9.17, 15) is 4.79 Å². The maximum Gasteiger partial charge on any atom is 0.378 e. The molecule has 3 aromatic rings. The van der Waals surface area contributed by atoms with Crippen molar-refractivity contribution in [3.8, 4) is 0 Å². The van der Waals surface area contributed by atoms with Crippen LogP contribution in [0.3, 0.4) is 0 Å². The second-order valence-electron chi connectivity index (χ2n) is 7.78. The molecule has 2 N–H and O–H groups in total. The zero-order valence-corrected chi connectivity index (χ0v) is 18.8. The van der Waals surface area contributed by atoms with Gasteiger partial charge in [-0.3, -0.25) is 4.79 Å². The third-order valence-corrected chi connectivity index (χ3v) is 5.79. The van der Waals surface area contributed by atoms with E-state index in [-0.39, 0.29) is 25.2 Å². The van der Waals surface area contributed by atoms with E-state index in [4.69, 9.17) is 14.2 Å². The molecule has 0 amide bonds. The lowest BCUT2D eigenvalue weighted by molar-refractivity contribution is -0.140. The van der Waals surface area contributed by atoms with E-state index in [1.165, 1.54) is 12.5 Å². The summed E-state index contributed by atoms with van der Waals surface area (Å²) in [7, 11) is 1.42. The van der Waals surface area contributed by atoms with Gasteiger partial charge in [-0.05, 0) is 36.9 Å². The number of rotatable bonds is 9. The Morgan fingerprint density at radius 2 is 1.50 bits per heavy atom. The zero-order chi connectivity index (χ0) is 22.5. The number of benzene rings is 3. The summed E-state index contributed by atoms with van der Waals surface area (Å²) in [6.07, 6.45) is -0.207. The molecule has 0 aliphatic carbocycles. The SMILES string of the molecule is CCOC(OCC)c1cccc([C@@H](CC(=O)OC)B2Nc3cccc4cccc(c34)N2)c1. The molecule has 7 heteroatoms. The largest absolute Gasteiger partial charge is 0.469 e. The Kier molecular flexibility index (Phi) is 6.97. The van der Waals surface area contributed by atoms with Crippen molar-refractivity contribution in [2.45, 2.75) is 32.4 Å². The highest BCUT2D eigenvalue weighted by Crippen LogP contribution is 2.37. The van der Waals surface area contributed by atoms with Gasteiger partial charge in [-0.1, -0.05) is 48.5 Å². The quantitative estimate of drug-likeness (QED) is 0.278. The molecule has 32 heavy (non-hydrogen) atoms. The van der Waals surface area contributed by atoms with Crippen LogP contribution in [-0.2, 0) is 19.0 Å². The van der Waals surface area contributed by atoms with Gasteiger partial charge in [-0.25, -0.2) is 0 Å². The molecular formula is C25H29BN2O4. The van der Waals surface area contributed by atoms with E-state index in [1.54, 1.807) is 0 Å². The Morgan fingerprint density at radius 1 is 0.906 bits per heavy atom. The van der Waals surface area contributed by atoms with Crippen LogP contribution in [0.2, 0.25) is 0 Å². The van der Waals surface area contributed by atoms with Crippen molar-refractivity contribution in [3.63, 3.8) is 0 Å². The number of esters is 1. The Morgan fingerprint density at radius 3 is 2.09 bits per heavy atom. The molecule has 0 bridgehead atoms. The molecule has 1 heterocycles. The lowest BCUT2D eigenvalue weighted by Gasteiger charge is -2.32. The fourth-order valence-corrected chi connectivity index (χ4v) is 4.32. The van der Waals surface area contributed by atoms with Crippen LogP contribution >= 0.6 is 0 Å². The predicted octanol–water partition coefficient (Wildman–Crippen LogP) is 5.12. The van der Waals surface area contributed by atoms with Crippen molar-refractivity contribution in [3.05, 3.63) is 71.8 Å². The van der Waals surface area contributed by atoms with E-state index < -0.39 is 6.29 Å². The van der Waals surface area contributed by atoms with Gasteiger partial charge in [-0.2, -0.15) is 0 Å². The molecule has 0 fully saturated rings. The Labute approximate surface area is 189 Å². The lowest BCUT2D eigenvalue weighted by Crippen LogP contribution is -2.44. The molecule has 6 nitrogen and oxygen atoms in total. The van der Waals surface area contributed by atoms with Crippen LogP contribution in [-0.4, -0.2) is 33.3 Å². The van der Waals surface area contributed by atoms with Crippen LogP contribution in [0.1, 0.15) is 43.5 Å². The van der Waals surface area contributed by atoms with Gasteiger partial charge in [0.15, 0.2) is 6.29 Å². The Balaban J connectivity index is 1.70. The molecule has 1 aliphatic rings. The van der Waals surface area contributed by atoms with Gasteiger partial charge in [0.2, 0.25) is 0 Å². The highest BCUT2D eigenvalue weighted by Gasteiger charge is 2.35. The molecule has 0 radical (unpaired) electrons. The first-order valence-electron chi connectivity index (χ1n) is 11.1. The normalized spacial score (nSPS) is 13.6. The van der Waals surface area contributed by atoms with Crippen molar-refractivity contribution in [1.29, 1.82) is 0 Å². The van der Waals surface area contributed by atoms with Crippen molar-refractivity contribution >= 4 is 35.1 Å². The molecule has 4 rings (SSSR count). The van der Waals surface area contributed by atoms with E-state index in [0.717, 1.165) is 27.9 Å². The lowest BCUT2D eigenvalue weighted by atomic mass is 9.56. The number of carbonyl (C=O) groups is 1. The van der Waals surface area contributed by atoms with E-state index in [1.807, 2.05) is 44.2 Å². The summed E-state index contributed by atoms with van der Waals surface area (Å²) < 4.78 is 16.6. The molecule has 0 saturated heterocycles. The van der Waals surface area contributed by atoms with Gasteiger partial charge in [0.1, 0.15) is 0 Å². The van der Waals surface area contributed by atoms with Crippen molar-refractivity contribution in [1.82, 2.24) is 0 Å². The number of hydrogen-bond donors (Lipinski definition) is 2. The van der Waals surface area contributed by atoms with Gasteiger partial charge < -0.3 is 24.7 Å². The van der Waals surface area contributed by atoms with Crippen LogP contribution < -0.4 is 10.5 Å². The molecule has 1 aliphatic heterocycles. The summed E-state index contributed by atoms with van der Waals surface area (Å²) in [5, 5.41) is 9.54. The number of ether oxygens (including phenoxy) is 3. The fraction of sp³-hybridized carbons (Fsp3) is 0.320. The predicted molar refractivity (Wildman–Crippen MR) is 129 cm³/mol. The first kappa shape index (κ1) is 22.2. The van der Waals surface area contributed by atoms with Crippen LogP contribution in [0.5, 0.6) is 0 Å². The summed E-state index contributed by atoms with van der Waals surface area (Å²) in [5.74, 6) is -0.429. The van der Waals surface area contributed by atoms with Crippen LogP contribution in [0.15, 0.2) is 60.7 Å². The Hall–Kier alpha value is -3.03. The average Bonchev–Trinajstić information content (AvgIpc) is 2.82. The number of carbonyl (C=O) groups excluding carboxylic acids is 1. The smallest absolute Gasteiger partial charge is 0.378 e. The minimum absolute atomic E-state index is 0.171. The van der Waals surface area contributed by atoms with E-state index >= 15 is 0 Å². The fourth-order valence-electron chi connectivity index (χ4n) is 4.32. The molecule has 1 atom stereocenters. The number of anilines is 2. The Bertz CT molecular complexity index is 1040. The van der Waals surface area contributed by atoms with Gasteiger partial charge in [0.25, 0.3) is 0 Å². The number of hydrogen-bond acceptors (Lipinski definition) is 6. The van der Waals surface area contributed by atoms with E-state index in [0.29, 0.717) is 13.2 Å². The first-order chi connectivity index (χ1) is 15.6. The van der Waals surface area contributed by atoms with Crippen LogP contribution in [0, 0.1) is 0 Å². The summed E-state index contributed by atoms with van der Waals surface area (Å²) in [5.41, 5.74) is 4.04. The second kappa shape index (κ2) is 10.1. The average molecular weight is 432 g/mol. The monoisotopic (exact) mass is 432 g/mol. The molecule has 0 aromatic heterocycles. The van der Waals surface area contributed by atoms with Crippen molar-refractivity contribution < 1.29 is 19.0 Å². The van der Waals surface area contributed by atoms with Gasteiger partial charge in [0, 0.05) is 47.8 Å². The molecule has 0 unspecified atom stereocenters. The van der Waals surface area contributed by atoms with Crippen molar-refractivity contribution in [2.24, 2.45) is 0 Å². The standard InChI is InChI=1S/C25H29BN2O4/c1-4-31-25(32-5-2)19-12-6-11-18(15-19)20(16-23(29)30-3)26-27-21-13-7-9-17-10-8-14-22(28-26)24(17)21/h6-15,20,25,27-28H,4-5,16H2,1-3H3/t20-/m1/s1. The van der Waals surface area contributed by atoms with Crippen LogP contribution in [0.25, 0.3) is 10.8 Å². The number of methoxy groups -OCH3 is 1. The van der Waals surface area contributed by atoms with Crippen LogP contribution in [0.4, 0.5) is 11.4 Å². The highest BCUT2D eigenvalue weighted by molar-refractivity contribution is 6.69. The summed E-state index contributed by atoms with van der Waals surface area (Å²) >= 11 is 0. The second-order valence-corrected chi connectivity index (χ2v) is 7.78. The zero-order valence-electron chi connectivity index (χ0n) is 18.8. The summed E-state index contributed by atoms with van der Waals surface area (Å²) in [4.78, 5) is 12.4. The first-order valence-corrected chi connectivity index (χ1v) is 11.1. The summed E-state index contributed by atoms with van der Waals surface area (Å²) in [6, 6.07) is 20.5. The minimum Gasteiger partial charge on any atom is -0.469 e. The van der Waals surface area contributed by atoms with E-state index in [2.05, 4.69) is 40.8 Å². The third kappa shape index (κ3) is 4.59. The highest BCUT2D eigenvalue weighted by atomic mass is 16.7. The van der Waals surface area contributed by atoms with Gasteiger partial charge in [-0.15, -0.1) is 0 Å². The molecule has 0 saturated carbocycles. The molecule has 166 valence electrons. The third-order valence-electron chi connectivity index (χ3n) is 5.79. The summed E-state index contributed by atoms with van der Waals surface area (Å²) in [6.45, 7) is 4.80. The van der Waals surface area contributed by atoms with Crippen molar-refractivity contribution in [2.75, 3.05) is 30.8 Å². The maximum absolute atomic E-state index is 12.4. The molecular weight excluding hydrogens is 403 g/mol. The number of nitrogens with one attached hydrogen (secondary N) is 2.